The third-order valence-electron chi connectivity index (χ3n) is 3.58. The second kappa shape index (κ2) is 6.21. The van der Waals surface area contributed by atoms with E-state index in [1.54, 1.807) is 7.11 Å². The van der Waals surface area contributed by atoms with Crippen LogP contribution in [0.4, 0.5) is 0 Å². The lowest BCUT2D eigenvalue weighted by atomic mass is 9.94. The second-order valence-electron chi connectivity index (χ2n) is 5.24. The van der Waals surface area contributed by atoms with Crippen LogP contribution in [0.25, 0.3) is 0 Å². The van der Waals surface area contributed by atoms with Gasteiger partial charge in [-0.25, -0.2) is 0 Å². The highest BCUT2D eigenvalue weighted by molar-refractivity contribution is 5.37. The summed E-state index contributed by atoms with van der Waals surface area (Å²) >= 11 is 0. The molecule has 0 aromatic heterocycles. The van der Waals surface area contributed by atoms with Gasteiger partial charge in [-0.05, 0) is 43.7 Å². The fraction of sp³-hybridized carbons (Fsp3) is 0.600. The molecule has 1 aromatic carbocycles. The van der Waals surface area contributed by atoms with Crippen LogP contribution in [0.3, 0.4) is 0 Å². The maximum atomic E-state index is 6.25. The number of hydrogen-bond donors (Lipinski definition) is 1. The molecule has 1 aliphatic heterocycles. The molecule has 100 valence electrons. The minimum atomic E-state index is 0.187. The zero-order valence-electron chi connectivity index (χ0n) is 11.3. The predicted molar refractivity (Wildman–Crippen MR) is 73.0 cm³/mol. The lowest BCUT2D eigenvalue weighted by molar-refractivity contribution is 0.182. The van der Waals surface area contributed by atoms with Gasteiger partial charge in [-0.3, -0.25) is 0 Å². The van der Waals surface area contributed by atoms with E-state index in [1.807, 2.05) is 6.07 Å². The highest BCUT2D eigenvalue weighted by Gasteiger charge is 2.19. The van der Waals surface area contributed by atoms with Crippen LogP contribution in [0, 0.1) is 12.8 Å². The smallest absolute Gasteiger partial charge is 0.122 e. The highest BCUT2D eigenvalue weighted by atomic mass is 16.5. The van der Waals surface area contributed by atoms with E-state index < -0.39 is 0 Å². The van der Waals surface area contributed by atoms with E-state index in [2.05, 4.69) is 19.1 Å². The molecule has 0 bridgehead atoms. The van der Waals surface area contributed by atoms with Crippen LogP contribution in [0.1, 0.15) is 24.0 Å². The number of benzene rings is 1. The van der Waals surface area contributed by atoms with Gasteiger partial charge < -0.3 is 15.2 Å². The topological polar surface area (TPSA) is 44.5 Å². The highest BCUT2D eigenvalue weighted by Crippen LogP contribution is 2.24. The Balaban J connectivity index is 1.96. The van der Waals surface area contributed by atoms with Crippen molar-refractivity contribution in [3.8, 4) is 5.75 Å². The van der Waals surface area contributed by atoms with Crippen molar-refractivity contribution >= 4 is 0 Å². The standard InChI is InChI=1S/C15H23NO2/c1-11-3-4-15(17-2)13(7-11)9-14(16)8-12-5-6-18-10-12/h3-4,7,12,14H,5-6,8-10,16H2,1-2H3. The Kier molecular flexibility index (Phi) is 4.61. The number of ether oxygens (including phenoxy) is 2. The van der Waals surface area contributed by atoms with E-state index >= 15 is 0 Å². The van der Waals surface area contributed by atoms with Crippen molar-refractivity contribution in [2.45, 2.75) is 32.2 Å². The Labute approximate surface area is 109 Å². The molecular weight excluding hydrogens is 226 g/mol. The van der Waals surface area contributed by atoms with Gasteiger partial charge in [-0.15, -0.1) is 0 Å². The molecular formula is C15H23NO2. The molecule has 0 amide bonds. The Bertz CT molecular complexity index is 386. The van der Waals surface area contributed by atoms with Crippen molar-refractivity contribution in [3.05, 3.63) is 29.3 Å². The van der Waals surface area contributed by atoms with Crippen LogP contribution in [-0.4, -0.2) is 26.4 Å². The van der Waals surface area contributed by atoms with E-state index in [-0.39, 0.29) is 6.04 Å². The molecule has 2 unspecified atom stereocenters. The second-order valence-corrected chi connectivity index (χ2v) is 5.24. The quantitative estimate of drug-likeness (QED) is 0.871. The van der Waals surface area contributed by atoms with Crippen LogP contribution in [0.15, 0.2) is 18.2 Å². The van der Waals surface area contributed by atoms with Crippen molar-refractivity contribution in [1.29, 1.82) is 0 Å². The van der Waals surface area contributed by atoms with Gasteiger partial charge in [-0.1, -0.05) is 17.7 Å². The molecule has 2 rings (SSSR count). The Morgan fingerprint density at radius 2 is 2.33 bits per heavy atom. The molecule has 0 spiro atoms. The van der Waals surface area contributed by atoms with E-state index in [0.29, 0.717) is 5.92 Å². The molecule has 1 aromatic rings. The van der Waals surface area contributed by atoms with Gasteiger partial charge in [0.1, 0.15) is 5.75 Å². The van der Waals surface area contributed by atoms with Crippen molar-refractivity contribution < 1.29 is 9.47 Å². The largest absolute Gasteiger partial charge is 0.496 e. The maximum absolute atomic E-state index is 6.25. The van der Waals surface area contributed by atoms with Gasteiger partial charge in [0.15, 0.2) is 0 Å². The zero-order valence-corrected chi connectivity index (χ0v) is 11.3. The number of hydrogen-bond acceptors (Lipinski definition) is 3. The Morgan fingerprint density at radius 3 is 3.00 bits per heavy atom. The molecule has 3 heteroatoms. The first-order valence-electron chi connectivity index (χ1n) is 6.66. The first kappa shape index (κ1) is 13.4. The number of nitrogens with two attached hydrogens (primary N) is 1. The van der Waals surface area contributed by atoms with E-state index in [4.69, 9.17) is 15.2 Å². The molecule has 0 aliphatic carbocycles. The van der Waals surface area contributed by atoms with Crippen LogP contribution in [0.2, 0.25) is 0 Å². The summed E-state index contributed by atoms with van der Waals surface area (Å²) in [6.45, 7) is 3.86. The SMILES string of the molecule is COc1ccc(C)cc1CC(N)CC1CCOC1. The Hall–Kier alpha value is -1.06. The van der Waals surface area contributed by atoms with E-state index in [0.717, 1.165) is 38.2 Å². The summed E-state index contributed by atoms with van der Waals surface area (Å²) in [5, 5.41) is 0. The fourth-order valence-electron chi connectivity index (χ4n) is 2.63. The summed E-state index contributed by atoms with van der Waals surface area (Å²) in [4.78, 5) is 0. The van der Waals surface area contributed by atoms with Gasteiger partial charge in [0, 0.05) is 19.3 Å². The number of methoxy groups -OCH3 is 1. The van der Waals surface area contributed by atoms with Crippen molar-refractivity contribution in [3.63, 3.8) is 0 Å². The summed E-state index contributed by atoms with van der Waals surface area (Å²) in [6.07, 6.45) is 3.07. The molecule has 1 heterocycles. The van der Waals surface area contributed by atoms with Crippen LogP contribution < -0.4 is 10.5 Å². The molecule has 0 saturated carbocycles. The molecule has 3 nitrogen and oxygen atoms in total. The molecule has 18 heavy (non-hydrogen) atoms. The summed E-state index contributed by atoms with van der Waals surface area (Å²) in [6, 6.07) is 6.45. The lowest BCUT2D eigenvalue weighted by Gasteiger charge is -2.17. The first-order valence-corrected chi connectivity index (χ1v) is 6.66. The fourth-order valence-corrected chi connectivity index (χ4v) is 2.63. The van der Waals surface area contributed by atoms with Crippen molar-refractivity contribution in [2.75, 3.05) is 20.3 Å². The molecule has 2 atom stereocenters. The zero-order chi connectivity index (χ0) is 13.0. The van der Waals surface area contributed by atoms with E-state index in [9.17, 15) is 0 Å². The minimum absolute atomic E-state index is 0.187. The lowest BCUT2D eigenvalue weighted by Crippen LogP contribution is -2.26. The summed E-state index contributed by atoms with van der Waals surface area (Å²) in [5.41, 5.74) is 8.71. The molecule has 0 radical (unpaired) electrons. The van der Waals surface area contributed by atoms with Crippen molar-refractivity contribution in [1.82, 2.24) is 0 Å². The van der Waals surface area contributed by atoms with Gasteiger partial charge in [0.05, 0.1) is 7.11 Å². The third kappa shape index (κ3) is 3.47. The van der Waals surface area contributed by atoms with Crippen LogP contribution >= 0.6 is 0 Å². The van der Waals surface area contributed by atoms with Gasteiger partial charge >= 0.3 is 0 Å². The predicted octanol–water partition coefficient (Wildman–Crippen LogP) is 2.30. The Morgan fingerprint density at radius 1 is 1.50 bits per heavy atom. The average Bonchev–Trinajstić information content (AvgIpc) is 2.82. The number of rotatable bonds is 5. The minimum Gasteiger partial charge on any atom is -0.496 e. The van der Waals surface area contributed by atoms with Gasteiger partial charge in [0.2, 0.25) is 0 Å². The maximum Gasteiger partial charge on any atom is 0.122 e. The van der Waals surface area contributed by atoms with E-state index in [1.165, 1.54) is 11.1 Å². The number of aryl methyl sites for hydroxylation is 1. The van der Waals surface area contributed by atoms with Gasteiger partial charge in [-0.2, -0.15) is 0 Å². The van der Waals surface area contributed by atoms with Crippen LogP contribution in [0.5, 0.6) is 5.75 Å². The van der Waals surface area contributed by atoms with Crippen molar-refractivity contribution in [2.24, 2.45) is 11.7 Å². The molecule has 1 aliphatic rings. The molecule has 1 fully saturated rings. The molecule has 1 saturated heterocycles. The van der Waals surface area contributed by atoms with Gasteiger partial charge in [0.25, 0.3) is 0 Å². The average molecular weight is 249 g/mol. The first-order chi connectivity index (χ1) is 8.69. The summed E-state index contributed by atoms with van der Waals surface area (Å²) in [5.74, 6) is 1.58. The molecule has 2 N–H and O–H groups in total. The normalized spacial score (nSPS) is 20.9. The third-order valence-corrected chi connectivity index (χ3v) is 3.58. The van der Waals surface area contributed by atoms with Crippen LogP contribution in [-0.2, 0) is 11.2 Å². The monoisotopic (exact) mass is 249 g/mol. The summed E-state index contributed by atoms with van der Waals surface area (Å²) < 4.78 is 10.8. The summed E-state index contributed by atoms with van der Waals surface area (Å²) in [7, 11) is 1.71.